The van der Waals surface area contributed by atoms with Crippen LogP contribution in [-0.2, 0) is 4.74 Å². The number of amides is 1. The number of piperazine rings is 1. The van der Waals surface area contributed by atoms with E-state index in [0.717, 1.165) is 31.4 Å². The number of carbonyl (C=O) groups excluding carboxylic acids is 1. The molecule has 2 aliphatic heterocycles. The summed E-state index contributed by atoms with van der Waals surface area (Å²) >= 11 is 0. The summed E-state index contributed by atoms with van der Waals surface area (Å²) < 4.78 is 11.1. The van der Waals surface area contributed by atoms with Crippen molar-refractivity contribution in [1.29, 1.82) is 0 Å². The van der Waals surface area contributed by atoms with Crippen LogP contribution in [0.1, 0.15) is 66.0 Å². The van der Waals surface area contributed by atoms with Gasteiger partial charge >= 0.3 is 6.09 Å². The molecule has 0 spiro atoms. The quantitative estimate of drug-likeness (QED) is 0.491. The Balaban J connectivity index is 1.43. The van der Waals surface area contributed by atoms with E-state index in [0.29, 0.717) is 24.4 Å². The number of nitrogens with one attached hydrogen (secondary N) is 1. The molecule has 2 fully saturated rings. The standard InChI is InChI=1S/C31H45N5O3/c1-8-35-25-15-14-23(34-16-17-36(20(2)19-34)30(37)39-31(4,5)6)18-24(25)28(21(3)29(35)22-12-13-22)33-26-10-9-11-27(32-26)38-7/h9-11,14-15,18,20-22,28-29H,8,12-13,16-17,19H2,1-7H3,(H,32,33)/t20-,21+,28+,29+/m0/s1. The van der Waals surface area contributed by atoms with Gasteiger partial charge in [0.05, 0.1) is 13.2 Å². The molecule has 0 bridgehead atoms. The molecule has 8 nitrogen and oxygen atoms in total. The third kappa shape index (κ3) is 5.75. The first-order chi connectivity index (χ1) is 18.6. The maximum absolute atomic E-state index is 12.8. The van der Waals surface area contributed by atoms with Crippen LogP contribution in [0.3, 0.4) is 0 Å². The minimum absolute atomic E-state index is 0.0600. The van der Waals surface area contributed by atoms with E-state index in [1.165, 1.54) is 29.8 Å². The molecule has 1 saturated heterocycles. The van der Waals surface area contributed by atoms with Crippen LogP contribution in [-0.4, -0.2) is 67.0 Å². The van der Waals surface area contributed by atoms with Gasteiger partial charge in [-0.1, -0.05) is 13.0 Å². The monoisotopic (exact) mass is 535 g/mol. The van der Waals surface area contributed by atoms with Gasteiger partial charge in [0.1, 0.15) is 11.4 Å². The molecule has 8 heteroatoms. The fourth-order valence-electron chi connectivity index (χ4n) is 6.44. The number of fused-ring (bicyclic) bond motifs is 1. The summed E-state index contributed by atoms with van der Waals surface area (Å²) in [5.41, 5.74) is 3.33. The van der Waals surface area contributed by atoms with Crippen LogP contribution < -0.4 is 19.9 Å². The minimum atomic E-state index is -0.494. The average Bonchev–Trinajstić information content (AvgIpc) is 3.74. The molecule has 1 aliphatic carbocycles. The summed E-state index contributed by atoms with van der Waals surface area (Å²) in [7, 11) is 1.66. The van der Waals surface area contributed by atoms with E-state index >= 15 is 0 Å². The van der Waals surface area contributed by atoms with Crippen LogP contribution in [0, 0.1) is 11.8 Å². The maximum Gasteiger partial charge on any atom is 0.410 e. The number of ether oxygens (including phenoxy) is 2. The second kappa shape index (κ2) is 10.8. The van der Waals surface area contributed by atoms with Crippen molar-refractivity contribution in [1.82, 2.24) is 9.88 Å². The first-order valence-corrected chi connectivity index (χ1v) is 14.5. The Morgan fingerprint density at radius 3 is 2.54 bits per heavy atom. The Bertz CT molecular complexity index is 1180. The van der Waals surface area contributed by atoms with Crippen molar-refractivity contribution in [3.05, 3.63) is 42.0 Å². The van der Waals surface area contributed by atoms with Crippen LogP contribution >= 0.6 is 0 Å². The number of carbonyl (C=O) groups is 1. The molecule has 3 aliphatic rings. The molecule has 0 radical (unpaired) electrons. The van der Waals surface area contributed by atoms with Crippen molar-refractivity contribution in [3.63, 3.8) is 0 Å². The van der Waals surface area contributed by atoms with Gasteiger partial charge in [0.15, 0.2) is 0 Å². The first-order valence-electron chi connectivity index (χ1n) is 14.5. The fourth-order valence-corrected chi connectivity index (χ4v) is 6.44. The Morgan fingerprint density at radius 2 is 1.90 bits per heavy atom. The van der Waals surface area contributed by atoms with Crippen LogP contribution in [0.25, 0.3) is 0 Å². The summed E-state index contributed by atoms with van der Waals surface area (Å²) in [5.74, 6) is 2.61. The number of pyridine rings is 1. The van der Waals surface area contributed by atoms with Gasteiger partial charge in [0.25, 0.3) is 0 Å². The zero-order chi connectivity index (χ0) is 27.9. The molecule has 2 aromatic rings. The Hall–Kier alpha value is -3.16. The molecule has 1 N–H and O–H groups in total. The van der Waals surface area contributed by atoms with Crippen LogP contribution in [0.2, 0.25) is 0 Å². The number of benzene rings is 1. The van der Waals surface area contributed by atoms with Gasteiger partial charge in [-0.3, -0.25) is 0 Å². The molecule has 3 heterocycles. The van der Waals surface area contributed by atoms with E-state index < -0.39 is 5.60 Å². The average molecular weight is 536 g/mol. The predicted molar refractivity (Wildman–Crippen MR) is 157 cm³/mol. The fraction of sp³-hybridized carbons (Fsp3) is 0.613. The highest BCUT2D eigenvalue weighted by Crippen LogP contribution is 2.50. The SMILES string of the molecule is CCN1c2ccc(N3CCN(C(=O)OC(C)(C)C)[C@@H](C)C3)cc2[C@H](Nc2cccc(OC)n2)[C@@H](C)[C@@H]1C1CC1. The Kier molecular flexibility index (Phi) is 7.57. The van der Waals surface area contributed by atoms with Gasteiger partial charge in [-0.15, -0.1) is 0 Å². The Labute approximate surface area is 233 Å². The summed E-state index contributed by atoms with van der Waals surface area (Å²) in [4.78, 5) is 24.3. The number of hydrogen-bond donors (Lipinski definition) is 1. The second-order valence-electron chi connectivity index (χ2n) is 12.4. The molecule has 1 aromatic heterocycles. The largest absolute Gasteiger partial charge is 0.481 e. The van der Waals surface area contributed by atoms with Crippen molar-refractivity contribution in [2.75, 3.05) is 48.4 Å². The number of nitrogens with zero attached hydrogens (tertiary/aromatic N) is 4. The van der Waals surface area contributed by atoms with E-state index in [2.05, 4.69) is 59.1 Å². The molecule has 0 unspecified atom stereocenters. The highest BCUT2D eigenvalue weighted by Gasteiger charge is 2.46. The number of hydrogen-bond acceptors (Lipinski definition) is 7. The van der Waals surface area contributed by atoms with Crippen molar-refractivity contribution in [3.8, 4) is 5.88 Å². The highest BCUT2D eigenvalue weighted by atomic mass is 16.6. The third-order valence-electron chi connectivity index (χ3n) is 8.38. The summed E-state index contributed by atoms with van der Waals surface area (Å²) in [6.45, 7) is 15.7. The molecular weight excluding hydrogens is 490 g/mol. The molecular formula is C31H45N5O3. The van der Waals surface area contributed by atoms with Crippen molar-refractivity contribution < 1.29 is 14.3 Å². The van der Waals surface area contributed by atoms with E-state index in [9.17, 15) is 4.79 Å². The van der Waals surface area contributed by atoms with Crippen molar-refractivity contribution in [2.45, 2.75) is 78.1 Å². The van der Waals surface area contributed by atoms with Crippen molar-refractivity contribution >= 4 is 23.3 Å². The summed E-state index contributed by atoms with van der Waals surface area (Å²) in [6, 6.07) is 13.5. The van der Waals surface area contributed by atoms with Gasteiger partial charge in [-0.05, 0) is 77.6 Å². The van der Waals surface area contributed by atoms with Crippen LogP contribution in [0.4, 0.5) is 22.0 Å². The summed E-state index contributed by atoms with van der Waals surface area (Å²) in [5, 5.41) is 3.80. The number of aromatic nitrogens is 1. The van der Waals surface area contributed by atoms with Crippen LogP contribution in [0.5, 0.6) is 5.88 Å². The maximum atomic E-state index is 12.8. The van der Waals surface area contributed by atoms with Gasteiger partial charge in [0, 0.05) is 67.2 Å². The third-order valence-corrected chi connectivity index (χ3v) is 8.38. The van der Waals surface area contributed by atoms with E-state index in [4.69, 9.17) is 9.47 Å². The van der Waals surface area contributed by atoms with E-state index in [-0.39, 0.29) is 18.2 Å². The second-order valence-corrected chi connectivity index (χ2v) is 12.4. The lowest BCUT2D eigenvalue weighted by molar-refractivity contribution is 0.0159. The molecule has 39 heavy (non-hydrogen) atoms. The van der Waals surface area contributed by atoms with Gasteiger partial charge < -0.3 is 29.5 Å². The molecule has 4 atom stereocenters. The molecule has 1 aromatic carbocycles. The first kappa shape index (κ1) is 27.4. The highest BCUT2D eigenvalue weighted by molar-refractivity contribution is 5.70. The smallest absolute Gasteiger partial charge is 0.410 e. The molecule has 212 valence electrons. The topological polar surface area (TPSA) is 70.2 Å². The lowest BCUT2D eigenvalue weighted by Crippen LogP contribution is -2.55. The van der Waals surface area contributed by atoms with E-state index in [1.807, 2.05) is 43.9 Å². The van der Waals surface area contributed by atoms with Crippen LogP contribution in [0.15, 0.2) is 36.4 Å². The Morgan fingerprint density at radius 1 is 1.13 bits per heavy atom. The molecule has 1 saturated carbocycles. The van der Waals surface area contributed by atoms with Gasteiger partial charge in [-0.2, -0.15) is 4.98 Å². The zero-order valence-corrected chi connectivity index (χ0v) is 24.6. The number of rotatable bonds is 6. The number of methoxy groups -OCH3 is 1. The predicted octanol–water partition coefficient (Wildman–Crippen LogP) is 5.94. The lowest BCUT2D eigenvalue weighted by atomic mass is 9.79. The van der Waals surface area contributed by atoms with Gasteiger partial charge in [0.2, 0.25) is 5.88 Å². The lowest BCUT2D eigenvalue weighted by Gasteiger charge is -2.48. The number of anilines is 3. The van der Waals surface area contributed by atoms with E-state index in [1.54, 1.807) is 7.11 Å². The van der Waals surface area contributed by atoms with Crippen molar-refractivity contribution in [2.24, 2.45) is 11.8 Å². The molecule has 5 rings (SSSR count). The normalized spacial score (nSPS) is 25.3. The molecule has 1 amide bonds. The minimum Gasteiger partial charge on any atom is -0.481 e. The zero-order valence-electron chi connectivity index (χ0n) is 24.6. The van der Waals surface area contributed by atoms with Gasteiger partial charge in [-0.25, -0.2) is 4.79 Å². The summed E-state index contributed by atoms with van der Waals surface area (Å²) in [6.07, 6.45) is 2.39.